The first-order valence-electron chi connectivity index (χ1n) is 3.66. The van der Waals surface area contributed by atoms with Gasteiger partial charge in [-0.3, -0.25) is 0 Å². The van der Waals surface area contributed by atoms with Crippen LogP contribution in [-0.4, -0.2) is 13.6 Å². The van der Waals surface area contributed by atoms with Crippen LogP contribution >= 0.6 is 0 Å². The smallest absolute Gasteiger partial charge is 0.0792 e. The van der Waals surface area contributed by atoms with Gasteiger partial charge in [0.1, 0.15) is 0 Å². The molecule has 0 aliphatic rings. The van der Waals surface area contributed by atoms with Crippen LogP contribution in [0.25, 0.3) is 0 Å². The van der Waals surface area contributed by atoms with Crippen molar-refractivity contribution in [3.63, 3.8) is 0 Å². The molecule has 0 rings (SSSR count). The fraction of sp³-hybridized carbons (Fsp3) is 1.00. The molecule has 56 valence electrons. The van der Waals surface area contributed by atoms with E-state index in [1.807, 2.05) is 0 Å². The van der Waals surface area contributed by atoms with E-state index in [-0.39, 0.29) is 0 Å². The lowest BCUT2D eigenvalue weighted by Crippen LogP contribution is -3.04. The summed E-state index contributed by atoms with van der Waals surface area (Å²) in [4.78, 5) is 0. The highest BCUT2D eigenvalue weighted by molar-refractivity contribution is 4.47. The second kappa shape index (κ2) is 4.77. The highest BCUT2D eigenvalue weighted by Gasteiger charge is 2.01. The van der Waals surface area contributed by atoms with Crippen LogP contribution in [0.2, 0.25) is 0 Å². The van der Waals surface area contributed by atoms with Crippen LogP contribution < -0.4 is 5.06 Å². The van der Waals surface area contributed by atoms with Gasteiger partial charge < -0.3 is 10.3 Å². The first-order chi connectivity index (χ1) is 4.16. The van der Waals surface area contributed by atoms with Gasteiger partial charge in [0.2, 0.25) is 0 Å². The molecule has 2 nitrogen and oxygen atoms in total. The van der Waals surface area contributed by atoms with E-state index in [1.165, 1.54) is 12.8 Å². The van der Waals surface area contributed by atoms with Gasteiger partial charge >= 0.3 is 0 Å². The van der Waals surface area contributed by atoms with Crippen molar-refractivity contribution in [1.82, 2.24) is 0 Å². The number of quaternary nitrogens is 1. The Bertz CT molecular complexity index is 63.9. The zero-order valence-electron chi connectivity index (χ0n) is 6.61. The summed E-state index contributed by atoms with van der Waals surface area (Å²) in [5, 5.41) is 10.8. The molecule has 0 spiro atoms. The number of hydroxylamine groups is 2. The van der Waals surface area contributed by atoms with E-state index in [4.69, 9.17) is 0 Å². The summed E-state index contributed by atoms with van der Waals surface area (Å²) in [7, 11) is 1.66. The van der Waals surface area contributed by atoms with Crippen LogP contribution in [-0.2, 0) is 0 Å². The van der Waals surface area contributed by atoms with Gasteiger partial charge in [-0.2, -0.15) is 0 Å². The highest BCUT2D eigenvalue weighted by atomic mass is 16.5. The molecule has 0 bridgehead atoms. The fourth-order valence-electron chi connectivity index (χ4n) is 1.09. The van der Waals surface area contributed by atoms with Crippen molar-refractivity contribution in [3.05, 3.63) is 5.21 Å². The van der Waals surface area contributed by atoms with Crippen molar-refractivity contribution in [1.29, 1.82) is 0 Å². The molecular weight excluding hydrogens is 114 g/mol. The van der Waals surface area contributed by atoms with Crippen molar-refractivity contribution in [2.45, 2.75) is 26.7 Å². The van der Waals surface area contributed by atoms with Crippen LogP contribution in [0.4, 0.5) is 0 Å². The van der Waals surface area contributed by atoms with Crippen molar-refractivity contribution in [3.8, 4) is 0 Å². The number of hydrogen-bond acceptors (Lipinski definition) is 1. The van der Waals surface area contributed by atoms with Crippen LogP contribution in [0.5, 0.6) is 0 Å². The van der Waals surface area contributed by atoms with E-state index < -0.39 is 0 Å². The zero-order valence-corrected chi connectivity index (χ0v) is 6.61. The summed E-state index contributed by atoms with van der Waals surface area (Å²) in [5.41, 5.74) is 0. The lowest BCUT2D eigenvalue weighted by molar-refractivity contribution is -0.829. The Kier molecular flexibility index (Phi) is 4.72. The molecule has 2 atom stereocenters. The molecule has 0 aromatic rings. The fourth-order valence-corrected chi connectivity index (χ4v) is 1.09. The average Bonchev–Trinajstić information content (AvgIpc) is 1.63. The topological polar surface area (TPSA) is 27.5 Å². The maximum Gasteiger partial charge on any atom is 0.0792 e. The number of hydrogen-bond donors (Lipinski definition) is 1. The molecular formula is C7H17NO. The molecule has 2 heteroatoms. The predicted molar refractivity (Wildman–Crippen MR) is 39.2 cm³/mol. The third-order valence-corrected chi connectivity index (χ3v) is 1.42. The molecule has 0 radical (unpaired) electrons. The van der Waals surface area contributed by atoms with Crippen molar-refractivity contribution < 1.29 is 5.06 Å². The molecule has 2 unspecified atom stereocenters. The van der Waals surface area contributed by atoms with Gasteiger partial charge in [0.15, 0.2) is 0 Å². The van der Waals surface area contributed by atoms with Crippen molar-refractivity contribution in [2.75, 3.05) is 13.6 Å². The SMILES string of the molecule is CCCC(C)C[NH+](C)[O-]. The minimum absolute atomic E-state index is 0.316. The number of nitrogens with one attached hydrogen (secondary N) is 1. The second-order valence-electron chi connectivity index (χ2n) is 2.80. The Balaban J connectivity index is 3.15. The third-order valence-electron chi connectivity index (χ3n) is 1.42. The molecule has 1 N–H and O–H groups in total. The zero-order chi connectivity index (χ0) is 7.28. The minimum Gasteiger partial charge on any atom is -0.634 e. The molecule has 0 aromatic carbocycles. The maximum absolute atomic E-state index is 10.5. The summed E-state index contributed by atoms with van der Waals surface area (Å²) in [5.74, 6) is 0.590. The third kappa shape index (κ3) is 5.80. The highest BCUT2D eigenvalue weighted by Crippen LogP contribution is 2.00. The van der Waals surface area contributed by atoms with Gasteiger partial charge in [-0.15, -0.1) is 0 Å². The van der Waals surface area contributed by atoms with Gasteiger partial charge in [-0.1, -0.05) is 20.3 Å². The van der Waals surface area contributed by atoms with Crippen LogP contribution in [0.15, 0.2) is 0 Å². The average molecular weight is 131 g/mol. The van der Waals surface area contributed by atoms with E-state index in [2.05, 4.69) is 13.8 Å². The van der Waals surface area contributed by atoms with Crippen LogP contribution in [0.3, 0.4) is 0 Å². The van der Waals surface area contributed by atoms with Gasteiger partial charge in [0, 0.05) is 5.92 Å². The molecule has 0 aliphatic carbocycles. The Morgan fingerprint density at radius 2 is 2.11 bits per heavy atom. The summed E-state index contributed by atoms with van der Waals surface area (Å²) in [6, 6.07) is 0. The maximum atomic E-state index is 10.5. The molecule has 0 saturated carbocycles. The quantitative estimate of drug-likeness (QED) is 0.551. The van der Waals surface area contributed by atoms with Gasteiger partial charge in [-0.05, 0) is 6.42 Å². The van der Waals surface area contributed by atoms with Crippen molar-refractivity contribution >= 4 is 0 Å². The van der Waals surface area contributed by atoms with Crippen molar-refractivity contribution in [2.24, 2.45) is 5.92 Å². The molecule has 0 heterocycles. The molecule has 0 fully saturated rings. The Hall–Kier alpha value is -0.0800. The summed E-state index contributed by atoms with van der Waals surface area (Å²) in [6.45, 7) is 5.04. The molecule has 0 aliphatic heterocycles. The molecule has 0 amide bonds. The summed E-state index contributed by atoms with van der Waals surface area (Å²) < 4.78 is 0. The van der Waals surface area contributed by atoms with E-state index in [9.17, 15) is 5.21 Å². The lowest BCUT2D eigenvalue weighted by atomic mass is 10.1. The first-order valence-corrected chi connectivity index (χ1v) is 3.66. The Morgan fingerprint density at radius 3 is 2.44 bits per heavy atom. The normalized spacial score (nSPS) is 17.3. The molecule has 0 saturated heterocycles. The standard InChI is InChI=1S/C7H17NO/c1-4-5-7(2)6-8(3)9/h7-8H,4-6H2,1-3H3. The Morgan fingerprint density at radius 1 is 1.56 bits per heavy atom. The largest absolute Gasteiger partial charge is 0.634 e. The minimum atomic E-state index is 0.316. The number of rotatable bonds is 4. The van der Waals surface area contributed by atoms with Gasteiger partial charge in [0.05, 0.1) is 13.6 Å². The van der Waals surface area contributed by atoms with E-state index in [0.717, 1.165) is 6.54 Å². The summed E-state index contributed by atoms with van der Waals surface area (Å²) in [6.07, 6.45) is 2.37. The second-order valence-corrected chi connectivity index (χ2v) is 2.80. The monoisotopic (exact) mass is 131 g/mol. The summed E-state index contributed by atoms with van der Waals surface area (Å²) >= 11 is 0. The van der Waals surface area contributed by atoms with E-state index in [1.54, 1.807) is 7.05 Å². The molecule has 0 aromatic heterocycles. The lowest BCUT2D eigenvalue weighted by Gasteiger charge is -2.19. The van der Waals surface area contributed by atoms with Crippen LogP contribution in [0.1, 0.15) is 26.7 Å². The Labute approximate surface area is 57.4 Å². The van der Waals surface area contributed by atoms with Gasteiger partial charge in [-0.25, -0.2) is 0 Å². The van der Waals surface area contributed by atoms with Crippen LogP contribution in [0, 0.1) is 11.1 Å². The predicted octanol–water partition coefficient (Wildman–Crippen LogP) is 0.435. The first kappa shape index (κ1) is 8.92. The molecule has 9 heavy (non-hydrogen) atoms. The van der Waals surface area contributed by atoms with E-state index >= 15 is 0 Å². The van der Waals surface area contributed by atoms with E-state index in [0.29, 0.717) is 11.0 Å². The van der Waals surface area contributed by atoms with Gasteiger partial charge in [0.25, 0.3) is 0 Å².